The molecule has 1 aliphatic rings. The summed E-state index contributed by atoms with van der Waals surface area (Å²) in [5.41, 5.74) is 1.61. The van der Waals surface area contributed by atoms with Gasteiger partial charge < -0.3 is 19.7 Å². The highest BCUT2D eigenvalue weighted by atomic mass is 35.5. The molecule has 0 saturated heterocycles. The van der Waals surface area contributed by atoms with Gasteiger partial charge >= 0.3 is 6.03 Å². The van der Waals surface area contributed by atoms with Gasteiger partial charge in [-0.2, -0.15) is 0 Å². The quantitative estimate of drug-likeness (QED) is 0.483. The summed E-state index contributed by atoms with van der Waals surface area (Å²) < 4.78 is 38.4. The first-order chi connectivity index (χ1) is 17.2. The summed E-state index contributed by atoms with van der Waals surface area (Å²) in [4.78, 5) is 27.5. The lowest BCUT2D eigenvalue weighted by Gasteiger charge is -2.25. The number of nitrogens with one attached hydrogen (secondary N) is 2. The summed E-state index contributed by atoms with van der Waals surface area (Å²) in [6.07, 6.45) is 0.137. The number of ether oxygens (including phenoxy) is 2. The fourth-order valence-corrected chi connectivity index (χ4v) is 5.16. The van der Waals surface area contributed by atoms with Crippen LogP contribution in [0.25, 0.3) is 0 Å². The molecule has 1 aliphatic heterocycles. The number of fused-ring (bicyclic) bond motifs is 1. The molecule has 0 saturated carbocycles. The Morgan fingerprint density at radius 3 is 2.50 bits per heavy atom. The van der Waals surface area contributed by atoms with E-state index in [1.165, 1.54) is 24.0 Å². The Hall–Kier alpha value is -3.76. The Kier molecular flexibility index (Phi) is 7.37. The highest BCUT2D eigenvalue weighted by Gasteiger charge is 2.29. The molecule has 3 aromatic carbocycles. The number of anilines is 1. The Balaban J connectivity index is 1.55. The lowest BCUT2D eigenvalue weighted by atomic mass is 10.0. The zero-order chi connectivity index (χ0) is 25.9. The van der Waals surface area contributed by atoms with Gasteiger partial charge in [-0.25, -0.2) is 17.9 Å². The Bertz CT molecular complexity index is 1400. The van der Waals surface area contributed by atoms with Gasteiger partial charge in [0.25, 0.3) is 10.0 Å². The fourth-order valence-electron chi connectivity index (χ4n) is 3.75. The van der Waals surface area contributed by atoms with Crippen LogP contribution < -0.4 is 24.4 Å². The maximum atomic E-state index is 13.5. The lowest BCUT2D eigenvalue weighted by molar-refractivity contribution is -0.120. The monoisotopic (exact) mass is 529 g/mol. The van der Waals surface area contributed by atoms with Crippen molar-refractivity contribution in [3.05, 3.63) is 82.9 Å². The van der Waals surface area contributed by atoms with E-state index in [9.17, 15) is 18.0 Å². The van der Waals surface area contributed by atoms with Gasteiger partial charge in [-0.15, -0.1) is 0 Å². The third-order valence-corrected chi connectivity index (χ3v) is 7.58. The van der Waals surface area contributed by atoms with Gasteiger partial charge in [0.15, 0.2) is 11.5 Å². The van der Waals surface area contributed by atoms with Crippen LogP contribution in [-0.2, 0) is 21.2 Å². The highest BCUT2D eigenvalue weighted by Crippen LogP contribution is 2.35. The minimum atomic E-state index is -4.24. The standard InChI is InChI=1S/C25H24ClN3O6S/c1-16-19(26)9-6-10-23(16)36(32,33)28-25(31)27-20(13-17-7-4-3-5-8-17)24(30)29(2)18-11-12-21-22(14-18)35-15-34-21/h3-12,14,20H,13,15H2,1-2H3,(H2,27,28,31)/t20-/m0/s1. The first-order valence-electron chi connectivity index (χ1n) is 11.0. The van der Waals surface area contributed by atoms with E-state index in [4.69, 9.17) is 21.1 Å². The van der Waals surface area contributed by atoms with Gasteiger partial charge in [-0.3, -0.25) is 4.79 Å². The third-order valence-electron chi connectivity index (χ3n) is 5.69. The number of likely N-dealkylation sites (N-methyl/N-ethyl adjacent to an activating group) is 1. The minimum absolute atomic E-state index is 0.0926. The molecule has 1 atom stereocenters. The number of urea groups is 1. The van der Waals surface area contributed by atoms with Crippen molar-refractivity contribution in [2.45, 2.75) is 24.3 Å². The Labute approximate surface area is 214 Å². The van der Waals surface area contributed by atoms with Gasteiger partial charge in [0.1, 0.15) is 6.04 Å². The Morgan fingerprint density at radius 2 is 1.75 bits per heavy atom. The number of benzene rings is 3. The average molecular weight is 530 g/mol. The van der Waals surface area contributed by atoms with E-state index in [1.54, 1.807) is 31.3 Å². The van der Waals surface area contributed by atoms with Crippen molar-refractivity contribution in [3.8, 4) is 11.5 Å². The first kappa shape index (κ1) is 25.3. The molecule has 0 bridgehead atoms. The van der Waals surface area contributed by atoms with Crippen LogP contribution in [-0.4, -0.2) is 40.2 Å². The largest absolute Gasteiger partial charge is 0.454 e. The molecule has 11 heteroatoms. The molecular weight excluding hydrogens is 506 g/mol. The normalized spacial score (nSPS) is 13.1. The van der Waals surface area contributed by atoms with Gasteiger partial charge in [-0.1, -0.05) is 48.0 Å². The summed E-state index contributed by atoms with van der Waals surface area (Å²) >= 11 is 6.04. The second-order valence-electron chi connectivity index (χ2n) is 8.12. The smallest absolute Gasteiger partial charge is 0.329 e. The summed E-state index contributed by atoms with van der Waals surface area (Å²) in [7, 11) is -2.68. The van der Waals surface area contributed by atoms with E-state index in [0.717, 1.165) is 5.56 Å². The highest BCUT2D eigenvalue weighted by molar-refractivity contribution is 7.90. The predicted octanol–water partition coefficient (Wildman–Crippen LogP) is 3.64. The fraction of sp³-hybridized carbons (Fsp3) is 0.200. The zero-order valence-electron chi connectivity index (χ0n) is 19.5. The Morgan fingerprint density at radius 1 is 1.03 bits per heavy atom. The molecule has 3 amide bonds. The molecule has 4 rings (SSSR count). The molecule has 188 valence electrons. The maximum Gasteiger partial charge on any atom is 0.329 e. The number of carbonyl (C=O) groups excluding carboxylic acids is 2. The predicted molar refractivity (Wildman–Crippen MR) is 135 cm³/mol. The van der Waals surface area contributed by atoms with Crippen LogP contribution in [0.2, 0.25) is 5.02 Å². The van der Waals surface area contributed by atoms with E-state index >= 15 is 0 Å². The van der Waals surface area contributed by atoms with Crippen molar-refractivity contribution >= 4 is 39.2 Å². The van der Waals surface area contributed by atoms with Crippen molar-refractivity contribution in [2.75, 3.05) is 18.7 Å². The molecule has 3 aromatic rings. The van der Waals surface area contributed by atoms with Crippen molar-refractivity contribution in [3.63, 3.8) is 0 Å². The van der Waals surface area contributed by atoms with Crippen LogP contribution in [0.15, 0.2) is 71.6 Å². The van der Waals surface area contributed by atoms with Crippen LogP contribution in [0, 0.1) is 6.92 Å². The van der Waals surface area contributed by atoms with Crippen LogP contribution in [0.4, 0.5) is 10.5 Å². The van der Waals surface area contributed by atoms with E-state index in [-0.39, 0.29) is 23.1 Å². The van der Waals surface area contributed by atoms with E-state index in [0.29, 0.717) is 22.7 Å². The second-order valence-corrected chi connectivity index (χ2v) is 10.2. The first-order valence-corrected chi connectivity index (χ1v) is 12.8. The number of carbonyl (C=O) groups is 2. The maximum absolute atomic E-state index is 13.5. The number of halogens is 1. The molecule has 0 aromatic heterocycles. The molecule has 0 aliphatic carbocycles. The van der Waals surface area contributed by atoms with Crippen molar-refractivity contribution in [2.24, 2.45) is 0 Å². The third kappa shape index (κ3) is 5.55. The molecular formula is C25H24ClN3O6S. The van der Waals surface area contributed by atoms with Crippen LogP contribution >= 0.6 is 11.6 Å². The number of hydrogen-bond acceptors (Lipinski definition) is 6. The molecule has 0 spiro atoms. The summed E-state index contributed by atoms with van der Waals surface area (Å²) in [6.45, 7) is 1.63. The molecule has 0 unspecified atom stereocenters. The molecule has 1 heterocycles. The lowest BCUT2D eigenvalue weighted by Crippen LogP contribution is -2.52. The van der Waals surface area contributed by atoms with Gasteiger partial charge in [0, 0.05) is 30.2 Å². The molecule has 9 nitrogen and oxygen atoms in total. The van der Waals surface area contributed by atoms with E-state index < -0.39 is 28.0 Å². The number of amides is 3. The SMILES string of the molecule is Cc1c(Cl)cccc1S(=O)(=O)NC(=O)N[C@@H](Cc1ccccc1)C(=O)N(C)c1ccc2c(c1)OCO2. The zero-order valence-corrected chi connectivity index (χ0v) is 21.1. The molecule has 0 radical (unpaired) electrons. The topological polar surface area (TPSA) is 114 Å². The molecule has 0 fully saturated rings. The number of sulfonamides is 1. The summed E-state index contributed by atoms with van der Waals surface area (Å²) in [5.74, 6) is 0.615. The van der Waals surface area contributed by atoms with Crippen molar-refractivity contribution in [1.29, 1.82) is 0 Å². The van der Waals surface area contributed by atoms with Crippen molar-refractivity contribution < 1.29 is 27.5 Å². The van der Waals surface area contributed by atoms with Crippen molar-refractivity contribution in [1.82, 2.24) is 10.0 Å². The summed E-state index contributed by atoms with van der Waals surface area (Å²) in [5, 5.41) is 2.77. The molecule has 2 N–H and O–H groups in total. The van der Waals surface area contributed by atoms with E-state index in [2.05, 4.69) is 5.32 Å². The molecule has 36 heavy (non-hydrogen) atoms. The second kappa shape index (κ2) is 10.5. The van der Waals surface area contributed by atoms with Crippen LogP contribution in [0.1, 0.15) is 11.1 Å². The van der Waals surface area contributed by atoms with Gasteiger partial charge in [0.05, 0.1) is 4.90 Å². The average Bonchev–Trinajstić information content (AvgIpc) is 3.32. The van der Waals surface area contributed by atoms with Gasteiger partial charge in [0.2, 0.25) is 12.7 Å². The van der Waals surface area contributed by atoms with E-state index in [1.807, 2.05) is 35.1 Å². The van der Waals surface area contributed by atoms with Crippen LogP contribution in [0.5, 0.6) is 11.5 Å². The summed E-state index contributed by atoms with van der Waals surface area (Å²) in [6, 6.07) is 16.4. The number of hydrogen-bond donors (Lipinski definition) is 2. The number of nitrogens with zero attached hydrogens (tertiary/aromatic N) is 1. The minimum Gasteiger partial charge on any atom is -0.454 e. The van der Waals surface area contributed by atoms with Crippen LogP contribution in [0.3, 0.4) is 0 Å². The number of rotatable bonds is 7. The van der Waals surface area contributed by atoms with Gasteiger partial charge in [-0.05, 0) is 42.3 Å².